The number of aryl methyl sites for hydroxylation is 1. The molecule has 0 aliphatic heterocycles. The Morgan fingerprint density at radius 2 is 2.04 bits per heavy atom. The number of thiophene rings is 1. The lowest BCUT2D eigenvalue weighted by Crippen LogP contribution is -2.21. The van der Waals surface area contributed by atoms with Gasteiger partial charge in [-0.15, -0.1) is 11.3 Å². The van der Waals surface area contributed by atoms with Gasteiger partial charge in [0.05, 0.1) is 12.0 Å². The number of hydrogen-bond donors (Lipinski definition) is 1. The number of ether oxygens (including phenoxy) is 1. The fourth-order valence-corrected chi connectivity index (χ4v) is 4.02. The molecule has 7 heteroatoms. The van der Waals surface area contributed by atoms with E-state index in [1.54, 1.807) is 28.0 Å². The number of unbranched alkanes of at least 4 members (excludes halogenated alkanes) is 1. The first-order chi connectivity index (χ1) is 12.1. The van der Waals surface area contributed by atoms with Crippen molar-refractivity contribution in [3.8, 4) is 5.75 Å². The zero-order valence-corrected chi connectivity index (χ0v) is 16.3. The van der Waals surface area contributed by atoms with Gasteiger partial charge in [-0.2, -0.15) is 0 Å². The van der Waals surface area contributed by atoms with E-state index >= 15 is 0 Å². The SMILES string of the molecule is CCc1cc2c(=O)n(CCCCOc3ccc(Cl)cc3)c(=S)[nH]c2s1. The van der Waals surface area contributed by atoms with E-state index in [1.165, 1.54) is 4.88 Å². The van der Waals surface area contributed by atoms with E-state index in [4.69, 9.17) is 28.6 Å². The summed E-state index contributed by atoms with van der Waals surface area (Å²) in [6, 6.07) is 9.26. The minimum Gasteiger partial charge on any atom is -0.494 e. The van der Waals surface area contributed by atoms with Gasteiger partial charge in [0.25, 0.3) is 5.56 Å². The lowest BCUT2D eigenvalue weighted by atomic mass is 10.3. The topological polar surface area (TPSA) is 47.0 Å². The predicted octanol–water partition coefficient (Wildman–Crippen LogP) is 5.20. The Labute approximate surface area is 160 Å². The van der Waals surface area contributed by atoms with E-state index < -0.39 is 0 Å². The molecule has 0 bridgehead atoms. The zero-order valence-electron chi connectivity index (χ0n) is 13.9. The van der Waals surface area contributed by atoms with E-state index in [1.807, 2.05) is 18.2 Å². The quantitative estimate of drug-likeness (QED) is 0.442. The standard InChI is InChI=1S/C18H19ClN2O2S2/c1-2-14-11-15-16(25-14)20-18(24)21(17(15)22)9-3-4-10-23-13-7-5-12(19)6-8-13/h5-8,11H,2-4,9-10H2,1H3,(H,20,24). The number of benzene rings is 1. The summed E-state index contributed by atoms with van der Waals surface area (Å²) in [7, 11) is 0. The van der Waals surface area contributed by atoms with E-state index in [2.05, 4.69) is 11.9 Å². The van der Waals surface area contributed by atoms with Gasteiger partial charge in [0, 0.05) is 16.4 Å². The van der Waals surface area contributed by atoms with E-state index in [9.17, 15) is 4.79 Å². The van der Waals surface area contributed by atoms with Gasteiger partial charge in [0.2, 0.25) is 0 Å². The average Bonchev–Trinajstić information content (AvgIpc) is 3.02. The predicted molar refractivity (Wildman–Crippen MR) is 107 cm³/mol. The number of aromatic nitrogens is 2. The normalized spacial score (nSPS) is 11.1. The molecule has 0 aliphatic rings. The van der Waals surface area contributed by atoms with Crippen LogP contribution in [0.4, 0.5) is 0 Å². The molecule has 1 N–H and O–H groups in total. The van der Waals surface area contributed by atoms with E-state index in [0.29, 0.717) is 22.9 Å². The molecule has 4 nitrogen and oxygen atoms in total. The number of fused-ring (bicyclic) bond motifs is 1. The van der Waals surface area contributed by atoms with Crippen LogP contribution in [0.25, 0.3) is 10.2 Å². The largest absolute Gasteiger partial charge is 0.494 e. The molecule has 0 atom stereocenters. The summed E-state index contributed by atoms with van der Waals surface area (Å²) in [5.74, 6) is 0.797. The van der Waals surface area contributed by atoms with Gasteiger partial charge >= 0.3 is 0 Å². The van der Waals surface area contributed by atoms with Crippen LogP contribution >= 0.6 is 35.2 Å². The van der Waals surface area contributed by atoms with Crippen molar-refractivity contribution in [2.75, 3.05) is 6.61 Å². The van der Waals surface area contributed by atoms with Crippen LogP contribution in [0.15, 0.2) is 35.1 Å². The Kier molecular flexibility index (Phi) is 5.93. The van der Waals surface area contributed by atoms with Crippen molar-refractivity contribution >= 4 is 45.4 Å². The molecule has 1 aromatic carbocycles. The third kappa shape index (κ3) is 4.32. The van der Waals surface area contributed by atoms with Crippen molar-refractivity contribution in [2.24, 2.45) is 0 Å². The summed E-state index contributed by atoms with van der Waals surface area (Å²) < 4.78 is 7.80. The van der Waals surface area contributed by atoms with Crippen LogP contribution in [0.5, 0.6) is 5.75 Å². The number of hydrogen-bond acceptors (Lipinski definition) is 4. The smallest absolute Gasteiger partial charge is 0.263 e. The van der Waals surface area contributed by atoms with Crippen molar-refractivity contribution < 1.29 is 4.74 Å². The summed E-state index contributed by atoms with van der Waals surface area (Å²) >= 11 is 12.8. The number of rotatable bonds is 7. The van der Waals surface area contributed by atoms with Crippen LogP contribution < -0.4 is 10.3 Å². The highest BCUT2D eigenvalue weighted by Crippen LogP contribution is 2.21. The number of aromatic amines is 1. The maximum absolute atomic E-state index is 12.6. The molecule has 0 spiro atoms. The first-order valence-corrected chi connectivity index (χ1v) is 9.82. The second-order valence-corrected chi connectivity index (χ2v) is 7.67. The van der Waals surface area contributed by atoms with Crippen LogP contribution in [0.2, 0.25) is 5.02 Å². The zero-order chi connectivity index (χ0) is 17.8. The fourth-order valence-electron chi connectivity index (χ4n) is 2.57. The van der Waals surface area contributed by atoms with Crippen LogP contribution in [0.1, 0.15) is 24.6 Å². The summed E-state index contributed by atoms with van der Waals surface area (Å²) in [5.41, 5.74) is -0.00619. The van der Waals surface area contributed by atoms with Gasteiger partial charge in [-0.3, -0.25) is 9.36 Å². The van der Waals surface area contributed by atoms with Gasteiger partial charge in [0.15, 0.2) is 4.77 Å². The van der Waals surface area contributed by atoms with Crippen LogP contribution in [0.3, 0.4) is 0 Å². The van der Waals surface area contributed by atoms with Crippen LogP contribution in [-0.4, -0.2) is 16.2 Å². The number of nitrogens with zero attached hydrogens (tertiary/aromatic N) is 1. The Balaban J connectivity index is 1.60. The molecule has 2 aromatic heterocycles. The van der Waals surface area contributed by atoms with E-state index in [0.717, 1.165) is 35.2 Å². The number of halogens is 1. The molecule has 0 fully saturated rings. The molecule has 0 unspecified atom stereocenters. The lowest BCUT2D eigenvalue weighted by molar-refractivity contribution is 0.302. The van der Waals surface area contributed by atoms with Gasteiger partial charge < -0.3 is 9.72 Å². The van der Waals surface area contributed by atoms with Gasteiger partial charge in [-0.25, -0.2) is 0 Å². The molecule has 132 valence electrons. The van der Waals surface area contributed by atoms with Crippen molar-refractivity contribution in [2.45, 2.75) is 32.7 Å². The third-order valence-electron chi connectivity index (χ3n) is 3.93. The first kappa shape index (κ1) is 18.2. The molecule has 3 aromatic rings. The Bertz CT molecular complexity index is 973. The second kappa shape index (κ2) is 8.17. The minimum absolute atomic E-state index is 0.00619. The second-order valence-electron chi connectivity index (χ2n) is 5.71. The Morgan fingerprint density at radius 1 is 1.28 bits per heavy atom. The van der Waals surface area contributed by atoms with Crippen molar-refractivity contribution in [3.63, 3.8) is 0 Å². The first-order valence-electron chi connectivity index (χ1n) is 8.22. The molecule has 3 rings (SSSR count). The Hall–Kier alpha value is -1.63. The molecule has 0 aliphatic carbocycles. The average molecular weight is 395 g/mol. The van der Waals surface area contributed by atoms with Crippen molar-refractivity contribution in [3.05, 3.63) is 55.4 Å². The fraction of sp³-hybridized carbons (Fsp3) is 0.333. The lowest BCUT2D eigenvalue weighted by Gasteiger charge is -2.08. The summed E-state index contributed by atoms with van der Waals surface area (Å²) in [4.78, 5) is 17.9. The molecule has 25 heavy (non-hydrogen) atoms. The van der Waals surface area contributed by atoms with Crippen LogP contribution in [-0.2, 0) is 13.0 Å². The molecule has 0 radical (unpaired) electrons. The third-order valence-corrected chi connectivity index (χ3v) is 5.70. The van der Waals surface area contributed by atoms with Gasteiger partial charge in [-0.1, -0.05) is 18.5 Å². The molecule has 0 saturated carbocycles. The summed E-state index contributed by atoms with van der Waals surface area (Å²) in [6.07, 6.45) is 2.58. The molecule has 2 heterocycles. The highest BCUT2D eigenvalue weighted by molar-refractivity contribution is 7.71. The summed E-state index contributed by atoms with van der Waals surface area (Å²) in [6.45, 7) is 3.26. The van der Waals surface area contributed by atoms with Crippen molar-refractivity contribution in [1.29, 1.82) is 0 Å². The molecular weight excluding hydrogens is 376 g/mol. The van der Waals surface area contributed by atoms with E-state index in [-0.39, 0.29) is 5.56 Å². The maximum atomic E-state index is 12.6. The van der Waals surface area contributed by atoms with Gasteiger partial charge in [-0.05, 0) is 61.8 Å². The molecular formula is C18H19ClN2O2S2. The highest BCUT2D eigenvalue weighted by atomic mass is 35.5. The van der Waals surface area contributed by atoms with Crippen LogP contribution in [0, 0.1) is 4.77 Å². The minimum atomic E-state index is -0.00619. The molecule has 0 amide bonds. The Morgan fingerprint density at radius 3 is 2.76 bits per heavy atom. The van der Waals surface area contributed by atoms with Gasteiger partial charge in [0.1, 0.15) is 10.6 Å². The number of H-pyrrole nitrogens is 1. The molecule has 0 saturated heterocycles. The van der Waals surface area contributed by atoms with Crippen molar-refractivity contribution in [1.82, 2.24) is 9.55 Å². The maximum Gasteiger partial charge on any atom is 0.263 e. The summed E-state index contributed by atoms with van der Waals surface area (Å²) in [5, 5.41) is 1.42. The highest BCUT2D eigenvalue weighted by Gasteiger charge is 2.09. The number of nitrogens with one attached hydrogen (secondary N) is 1. The monoisotopic (exact) mass is 394 g/mol.